The number of carboxylic acid groups (broad SMARTS) is 1. The first-order valence-corrected chi connectivity index (χ1v) is 5.20. The van der Waals surface area contributed by atoms with E-state index >= 15 is 0 Å². The molecule has 16 heavy (non-hydrogen) atoms. The number of carbonyl (C=O) groups is 1. The predicted octanol–water partition coefficient (Wildman–Crippen LogP) is 1.08. The number of aromatic carboxylic acids is 1. The highest BCUT2D eigenvalue weighted by atomic mass is 16.4. The van der Waals surface area contributed by atoms with E-state index in [9.17, 15) is 4.79 Å². The Morgan fingerprint density at radius 3 is 2.81 bits per heavy atom. The van der Waals surface area contributed by atoms with Crippen LogP contribution in [0.15, 0.2) is 16.7 Å². The SMILES string of the molecule is CC(CO)C(C)NCc1ccoc1C(=O)O. The minimum absolute atomic E-state index is 0.0312. The van der Waals surface area contributed by atoms with Gasteiger partial charge in [0.2, 0.25) is 5.76 Å². The van der Waals surface area contributed by atoms with Crippen molar-refractivity contribution in [3.63, 3.8) is 0 Å². The highest BCUT2D eigenvalue weighted by molar-refractivity contribution is 5.86. The Bertz CT molecular complexity index is 348. The van der Waals surface area contributed by atoms with E-state index in [1.807, 2.05) is 13.8 Å². The topological polar surface area (TPSA) is 82.7 Å². The van der Waals surface area contributed by atoms with E-state index in [1.54, 1.807) is 6.07 Å². The summed E-state index contributed by atoms with van der Waals surface area (Å²) in [7, 11) is 0. The molecule has 0 aliphatic rings. The summed E-state index contributed by atoms with van der Waals surface area (Å²) in [6, 6.07) is 1.74. The van der Waals surface area contributed by atoms with Gasteiger partial charge in [-0.25, -0.2) is 4.79 Å². The average molecular weight is 227 g/mol. The molecule has 5 nitrogen and oxygen atoms in total. The quantitative estimate of drug-likeness (QED) is 0.677. The summed E-state index contributed by atoms with van der Waals surface area (Å²) in [4.78, 5) is 10.8. The van der Waals surface area contributed by atoms with Gasteiger partial charge in [-0.05, 0) is 18.9 Å². The summed E-state index contributed by atoms with van der Waals surface area (Å²) < 4.78 is 4.86. The maximum Gasteiger partial charge on any atom is 0.372 e. The van der Waals surface area contributed by atoms with E-state index in [-0.39, 0.29) is 24.3 Å². The number of hydrogen-bond donors (Lipinski definition) is 3. The zero-order valence-corrected chi connectivity index (χ0v) is 9.43. The number of rotatable bonds is 6. The van der Waals surface area contributed by atoms with Gasteiger partial charge in [0, 0.05) is 24.8 Å². The van der Waals surface area contributed by atoms with Crippen LogP contribution in [0.4, 0.5) is 0 Å². The third kappa shape index (κ3) is 3.08. The molecule has 1 aromatic heterocycles. The maximum absolute atomic E-state index is 10.8. The van der Waals surface area contributed by atoms with Crippen LogP contribution in [0, 0.1) is 5.92 Å². The molecule has 0 saturated carbocycles. The van der Waals surface area contributed by atoms with Crippen LogP contribution < -0.4 is 5.32 Å². The van der Waals surface area contributed by atoms with E-state index in [1.165, 1.54) is 6.26 Å². The van der Waals surface area contributed by atoms with Crippen LogP contribution in [0.1, 0.15) is 30.0 Å². The molecular weight excluding hydrogens is 210 g/mol. The fraction of sp³-hybridized carbons (Fsp3) is 0.545. The van der Waals surface area contributed by atoms with Crippen molar-refractivity contribution in [1.29, 1.82) is 0 Å². The van der Waals surface area contributed by atoms with Crippen molar-refractivity contribution in [2.24, 2.45) is 5.92 Å². The number of hydrogen-bond acceptors (Lipinski definition) is 4. The van der Waals surface area contributed by atoms with Crippen molar-refractivity contribution in [2.75, 3.05) is 6.61 Å². The van der Waals surface area contributed by atoms with E-state index in [2.05, 4.69) is 5.32 Å². The van der Waals surface area contributed by atoms with Crippen molar-refractivity contribution >= 4 is 5.97 Å². The van der Waals surface area contributed by atoms with Crippen LogP contribution in [-0.2, 0) is 6.54 Å². The van der Waals surface area contributed by atoms with Gasteiger partial charge in [0.05, 0.1) is 6.26 Å². The van der Waals surface area contributed by atoms with Crippen LogP contribution in [0.2, 0.25) is 0 Å². The van der Waals surface area contributed by atoms with Gasteiger partial charge in [-0.3, -0.25) is 0 Å². The highest BCUT2D eigenvalue weighted by Gasteiger charge is 2.16. The number of furan rings is 1. The van der Waals surface area contributed by atoms with Crippen LogP contribution >= 0.6 is 0 Å². The summed E-state index contributed by atoms with van der Waals surface area (Å²) in [6.45, 7) is 4.39. The van der Waals surface area contributed by atoms with E-state index in [0.29, 0.717) is 12.1 Å². The summed E-state index contributed by atoms with van der Waals surface area (Å²) in [5.74, 6) is -0.971. The molecule has 0 radical (unpaired) electrons. The largest absolute Gasteiger partial charge is 0.475 e. The van der Waals surface area contributed by atoms with Gasteiger partial charge in [0.25, 0.3) is 0 Å². The van der Waals surface area contributed by atoms with E-state index in [4.69, 9.17) is 14.6 Å². The molecule has 0 fully saturated rings. The first kappa shape index (κ1) is 12.7. The number of carboxylic acids is 1. The van der Waals surface area contributed by atoms with Crippen LogP contribution in [0.5, 0.6) is 0 Å². The van der Waals surface area contributed by atoms with Crippen molar-refractivity contribution in [3.8, 4) is 0 Å². The second kappa shape index (κ2) is 5.67. The summed E-state index contributed by atoms with van der Waals surface area (Å²) in [5, 5.41) is 20.9. The lowest BCUT2D eigenvalue weighted by Gasteiger charge is -2.18. The first-order chi connectivity index (χ1) is 7.56. The molecule has 0 saturated heterocycles. The van der Waals surface area contributed by atoms with Gasteiger partial charge < -0.3 is 19.9 Å². The third-order valence-electron chi connectivity index (χ3n) is 2.70. The fourth-order valence-electron chi connectivity index (χ4n) is 1.29. The lowest BCUT2D eigenvalue weighted by molar-refractivity contribution is 0.0660. The number of nitrogens with one attached hydrogen (secondary N) is 1. The Kier molecular flexibility index (Phi) is 4.52. The molecule has 1 aromatic rings. The normalized spacial score (nSPS) is 14.7. The molecule has 0 bridgehead atoms. The Hall–Kier alpha value is -1.33. The smallest absolute Gasteiger partial charge is 0.372 e. The second-order valence-corrected chi connectivity index (χ2v) is 3.91. The zero-order chi connectivity index (χ0) is 12.1. The van der Waals surface area contributed by atoms with Gasteiger partial charge in [0.15, 0.2) is 0 Å². The standard InChI is InChI=1S/C11H17NO4/c1-7(6-13)8(2)12-5-9-3-4-16-10(9)11(14)15/h3-4,7-8,12-13H,5-6H2,1-2H3,(H,14,15). The Labute approximate surface area is 94.1 Å². The third-order valence-corrected chi connectivity index (χ3v) is 2.70. The average Bonchev–Trinajstić information content (AvgIpc) is 2.72. The zero-order valence-electron chi connectivity index (χ0n) is 9.43. The molecule has 3 N–H and O–H groups in total. The Morgan fingerprint density at radius 1 is 1.56 bits per heavy atom. The second-order valence-electron chi connectivity index (χ2n) is 3.91. The lowest BCUT2D eigenvalue weighted by Crippen LogP contribution is -2.33. The molecule has 0 aliphatic carbocycles. The lowest BCUT2D eigenvalue weighted by atomic mass is 10.0. The Balaban J connectivity index is 2.54. The molecule has 0 amide bonds. The molecule has 90 valence electrons. The van der Waals surface area contributed by atoms with Crippen LogP contribution in [-0.4, -0.2) is 28.8 Å². The van der Waals surface area contributed by atoms with Crippen molar-refractivity contribution < 1.29 is 19.4 Å². The van der Waals surface area contributed by atoms with Crippen molar-refractivity contribution in [1.82, 2.24) is 5.32 Å². The minimum Gasteiger partial charge on any atom is -0.475 e. The van der Waals surface area contributed by atoms with E-state index < -0.39 is 5.97 Å². The van der Waals surface area contributed by atoms with Crippen molar-refractivity contribution in [2.45, 2.75) is 26.4 Å². The summed E-state index contributed by atoms with van der Waals surface area (Å²) in [6.07, 6.45) is 1.36. The number of aliphatic hydroxyl groups is 1. The molecule has 0 spiro atoms. The van der Waals surface area contributed by atoms with Gasteiger partial charge >= 0.3 is 5.97 Å². The molecule has 5 heteroatoms. The Morgan fingerprint density at radius 2 is 2.25 bits per heavy atom. The minimum atomic E-state index is -1.07. The number of aliphatic hydroxyl groups excluding tert-OH is 1. The van der Waals surface area contributed by atoms with Gasteiger partial charge in [-0.1, -0.05) is 6.92 Å². The van der Waals surface area contributed by atoms with Gasteiger partial charge in [-0.2, -0.15) is 0 Å². The van der Waals surface area contributed by atoms with Gasteiger partial charge in [-0.15, -0.1) is 0 Å². The van der Waals surface area contributed by atoms with Crippen LogP contribution in [0.3, 0.4) is 0 Å². The molecule has 0 aromatic carbocycles. The molecule has 2 unspecified atom stereocenters. The van der Waals surface area contributed by atoms with Crippen LogP contribution in [0.25, 0.3) is 0 Å². The van der Waals surface area contributed by atoms with E-state index in [0.717, 1.165) is 0 Å². The molecule has 1 heterocycles. The summed E-state index contributed by atoms with van der Waals surface area (Å²) >= 11 is 0. The first-order valence-electron chi connectivity index (χ1n) is 5.20. The molecule has 1 rings (SSSR count). The van der Waals surface area contributed by atoms with Crippen molar-refractivity contribution in [3.05, 3.63) is 23.7 Å². The fourth-order valence-corrected chi connectivity index (χ4v) is 1.29. The maximum atomic E-state index is 10.8. The monoisotopic (exact) mass is 227 g/mol. The predicted molar refractivity (Wildman–Crippen MR) is 58.2 cm³/mol. The molecule has 2 atom stereocenters. The molecular formula is C11H17NO4. The highest BCUT2D eigenvalue weighted by Crippen LogP contribution is 2.11. The van der Waals surface area contributed by atoms with Gasteiger partial charge in [0.1, 0.15) is 0 Å². The summed E-state index contributed by atoms with van der Waals surface area (Å²) in [5.41, 5.74) is 0.615. The molecule has 0 aliphatic heterocycles.